The van der Waals surface area contributed by atoms with Crippen LogP contribution in [-0.2, 0) is 39.3 Å². The third-order valence-corrected chi connectivity index (χ3v) is 18.0. The molecule has 7 atom stereocenters. The number of allylic oxidation sites excluding steroid dienone is 2. The van der Waals surface area contributed by atoms with Crippen LogP contribution < -0.4 is 5.73 Å². The highest BCUT2D eigenvalue weighted by atomic mass is 16.6. The molecule has 9 rings (SSSR count). The number of anilines is 1. The first kappa shape index (κ1) is 43.2. The van der Waals surface area contributed by atoms with Gasteiger partial charge in [0.2, 0.25) is 0 Å². The maximum Gasteiger partial charge on any atom is 0.410 e. The van der Waals surface area contributed by atoms with Gasteiger partial charge in [-0.05, 0) is 135 Å². The molecule has 1 amide bonds. The molecule has 1 aromatic carbocycles. The Hall–Kier alpha value is -4.05. The zero-order valence-electron chi connectivity index (χ0n) is 39.3. The van der Waals surface area contributed by atoms with Crippen molar-refractivity contribution < 1.29 is 23.5 Å². The van der Waals surface area contributed by atoms with Gasteiger partial charge in [-0.25, -0.2) is 4.79 Å². The van der Waals surface area contributed by atoms with Crippen molar-refractivity contribution in [3.05, 3.63) is 76.4 Å². The van der Waals surface area contributed by atoms with Crippen LogP contribution in [0.15, 0.2) is 52.7 Å². The maximum atomic E-state index is 15.0. The Balaban J connectivity index is 1.12. The van der Waals surface area contributed by atoms with E-state index in [1.165, 1.54) is 22.4 Å². The molecule has 0 radical (unpaired) electrons. The van der Waals surface area contributed by atoms with Crippen molar-refractivity contribution in [2.75, 3.05) is 31.9 Å². The largest absolute Gasteiger partial charge is 0.467 e. The van der Waals surface area contributed by atoms with Crippen molar-refractivity contribution in [1.29, 1.82) is 0 Å². The number of carbonyl (C=O) groups is 2. The van der Waals surface area contributed by atoms with Gasteiger partial charge in [0.05, 0.1) is 18.2 Å². The van der Waals surface area contributed by atoms with E-state index in [1.54, 1.807) is 0 Å². The number of ether oxygens (including phenoxy) is 2. The highest BCUT2D eigenvalue weighted by molar-refractivity contribution is 5.81. The molecule has 3 N–H and O–H groups in total. The predicted molar refractivity (Wildman–Crippen MR) is 243 cm³/mol. The number of hydrogen-bond donors (Lipinski definition) is 2. The van der Waals surface area contributed by atoms with E-state index in [9.17, 15) is 9.59 Å². The van der Waals surface area contributed by atoms with Crippen LogP contribution in [0.25, 0.3) is 5.57 Å². The molecule has 3 heterocycles. The van der Waals surface area contributed by atoms with Gasteiger partial charge in [0.25, 0.3) is 0 Å². The number of nitrogen functional groups attached to an aromatic ring is 1. The van der Waals surface area contributed by atoms with Crippen LogP contribution in [-0.4, -0.2) is 63.8 Å². The number of benzene rings is 1. The van der Waals surface area contributed by atoms with Gasteiger partial charge in [0, 0.05) is 48.4 Å². The number of hydrogen-bond acceptors (Lipinski definition) is 8. The van der Waals surface area contributed by atoms with Crippen LogP contribution in [0.1, 0.15) is 149 Å². The van der Waals surface area contributed by atoms with Crippen molar-refractivity contribution >= 4 is 23.5 Å². The lowest BCUT2D eigenvalue weighted by Crippen LogP contribution is -2.65. The Bertz CT molecular complexity index is 2240. The van der Waals surface area contributed by atoms with E-state index in [1.807, 2.05) is 62.3 Å². The number of carbonyl (C=O) groups excluding carboxylic acids is 2. The lowest BCUT2D eigenvalue weighted by Gasteiger charge is -2.71. The number of piperazine rings is 1. The molecule has 3 saturated carbocycles. The van der Waals surface area contributed by atoms with Gasteiger partial charge >= 0.3 is 12.1 Å². The van der Waals surface area contributed by atoms with Gasteiger partial charge in [0.15, 0.2) is 0 Å². The van der Waals surface area contributed by atoms with Crippen LogP contribution in [0, 0.1) is 44.8 Å². The molecule has 5 aliphatic carbocycles. The van der Waals surface area contributed by atoms with Gasteiger partial charge in [-0.1, -0.05) is 84.4 Å². The lowest BCUT2D eigenvalue weighted by atomic mass is 9.33. The molecule has 10 heteroatoms. The van der Waals surface area contributed by atoms with Crippen molar-refractivity contribution in [3.63, 3.8) is 0 Å². The molecule has 10 nitrogen and oxygen atoms in total. The molecule has 3 aromatic rings. The summed E-state index contributed by atoms with van der Waals surface area (Å²) in [5.41, 5.74) is 12.9. The Kier molecular flexibility index (Phi) is 10.3. The number of fused-ring (bicyclic) bond motifs is 8. The quantitative estimate of drug-likeness (QED) is 0.235. The number of amides is 1. The highest BCUT2D eigenvalue weighted by Crippen LogP contribution is 2.77. The summed E-state index contributed by atoms with van der Waals surface area (Å²) in [6, 6.07) is 12.5. The van der Waals surface area contributed by atoms with Gasteiger partial charge in [-0.2, -0.15) is 5.10 Å². The van der Waals surface area contributed by atoms with Crippen molar-refractivity contribution in [1.82, 2.24) is 20.0 Å². The van der Waals surface area contributed by atoms with Crippen molar-refractivity contribution in [2.24, 2.45) is 44.8 Å². The summed E-state index contributed by atoms with van der Waals surface area (Å²) in [5, 5.41) is 7.99. The number of esters is 1. The smallest absolute Gasteiger partial charge is 0.410 e. The third-order valence-electron chi connectivity index (χ3n) is 18.0. The Labute approximate surface area is 370 Å². The molecule has 2 aromatic heterocycles. The second-order valence-electron chi connectivity index (χ2n) is 23.5. The Morgan fingerprint density at radius 1 is 0.935 bits per heavy atom. The van der Waals surface area contributed by atoms with E-state index in [0.29, 0.717) is 43.9 Å². The summed E-state index contributed by atoms with van der Waals surface area (Å²) < 4.78 is 18.7. The van der Waals surface area contributed by atoms with E-state index in [4.69, 9.17) is 19.6 Å². The standard InChI is InChI=1S/C52H73N5O5/c1-46(2,3)62-45(59)57-24-22-56(23-25-57)30-35-26-34(32-60-35)36-27-40-49(8)28-37-42(54-55-43(37)53)48(6,7)39(49)16-17-50(40,9)51(10)19-21-52(20-18-47(4,5)29-38(52)41(36)51)44(58)61-31-33-14-12-11-13-15-33/h11-15,26,32,38-40H,16-25,27-31H2,1-10H3,(H3,53,54,55)/t38?,39?,40?,49-,50+,51+,52-/m0/s1. The third kappa shape index (κ3) is 6.86. The molecular weight excluding hydrogens is 775 g/mol. The number of nitrogens with one attached hydrogen (secondary N) is 1. The van der Waals surface area contributed by atoms with Gasteiger partial charge in [0.1, 0.15) is 23.8 Å². The average molecular weight is 848 g/mol. The molecule has 3 unspecified atom stereocenters. The topological polar surface area (TPSA) is 127 Å². The summed E-state index contributed by atoms with van der Waals surface area (Å²) in [7, 11) is 0. The minimum Gasteiger partial charge on any atom is -0.467 e. The van der Waals surface area contributed by atoms with E-state index in [-0.39, 0.29) is 45.1 Å². The first-order valence-electron chi connectivity index (χ1n) is 23.7. The number of H-pyrrole nitrogens is 1. The number of aromatic nitrogens is 2. The van der Waals surface area contributed by atoms with Crippen LogP contribution in [0.2, 0.25) is 0 Å². The number of furan rings is 1. The summed E-state index contributed by atoms with van der Waals surface area (Å²) in [4.78, 5) is 32.1. The van der Waals surface area contributed by atoms with Crippen molar-refractivity contribution in [3.8, 4) is 0 Å². The Morgan fingerprint density at radius 2 is 1.65 bits per heavy atom. The van der Waals surface area contributed by atoms with Crippen LogP contribution in [0.3, 0.4) is 0 Å². The summed E-state index contributed by atoms with van der Waals surface area (Å²) >= 11 is 0. The first-order chi connectivity index (χ1) is 29.1. The van der Waals surface area contributed by atoms with Crippen LogP contribution in [0.4, 0.5) is 10.6 Å². The average Bonchev–Trinajstić information content (AvgIpc) is 3.83. The number of nitrogens with two attached hydrogens (primary N) is 1. The predicted octanol–water partition coefficient (Wildman–Crippen LogP) is 10.7. The molecule has 0 spiro atoms. The van der Waals surface area contributed by atoms with E-state index in [2.05, 4.69) is 69.6 Å². The lowest BCUT2D eigenvalue weighted by molar-refractivity contribution is -0.181. The molecule has 0 bridgehead atoms. The van der Waals surface area contributed by atoms with Gasteiger partial charge < -0.3 is 24.5 Å². The number of nitrogens with zero attached hydrogens (tertiary/aromatic N) is 3. The monoisotopic (exact) mass is 848 g/mol. The summed E-state index contributed by atoms with van der Waals surface area (Å²) in [5.74, 6) is 2.44. The zero-order valence-corrected chi connectivity index (χ0v) is 39.3. The molecule has 1 saturated heterocycles. The second kappa shape index (κ2) is 14.7. The van der Waals surface area contributed by atoms with Gasteiger partial charge in [-0.3, -0.25) is 14.8 Å². The minimum atomic E-state index is -0.581. The highest BCUT2D eigenvalue weighted by Gasteiger charge is 2.70. The number of rotatable bonds is 6. The summed E-state index contributed by atoms with van der Waals surface area (Å²) in [6.07, 6.45) is 10.5. The minimum absolute atomic E-state index is 0.00869. The van der Waals surface area contributed by atoms with Crippen LogP contribution >= 0.6 is 0 Å². The first-order valence-corrected chi connectivity index (χ1v) is 23.7. The van der Waals surface area contributed by atoms with E-state index < -0.39 is 11.0 Å². The molecule has 62 heavy (non-hydrogen) atoms. The molecule has 6 aliphatic rings. The van der Waals surface area contributed by atoms with Crippen LogP contribution in [0.5, 0.6) is 0 Å². The fourth-order valence-corrected chi connectivity index (χ4v) is 14.6. The Morgan fingerprint density at radius 3 is 2.35 bits per heavy atom. The fraction of sp³-hybridized carbons (Fsp3) is 0.673. The normalized spacial score (nSPS) is 34.0. The summed E-state index contributed by atoms with van der Waals surface area (Å²) in [6.45, 7) is 26.9. The number of aromatic amines is 1. The molecule has 336 valence electrons. The second-order valence-corrected chi connectivity index (χ2v) is 23.5. The van der Waals surface area contributed by atoms with E-state index in [0.717, 1.165) is 87.8 Å². The molecule has 1 aliphatic heterocycles. The fourth-order valence-electron chi connectivity index (χ4n) is 14.6. The zero-order chi connectivity index (χ0) is 44.3. The SMILES string of the molecule is CC1(C)CC[C@]2(C(=O)OCc3ccccc3)CC[C@]3(C)C(=C(c4coc(CN5CCN(C(=O)OC(C)(C)C)CC5)c4)CC4[C@@]5(C)Cc6c(N)n[nH]c6C(C)(C)C5CC[C@]43C)C2C1. The molecular formula is C52H73N5O5. The van der Waals surface area contributed by atoms with Gasteiger partial charge in [-0.15, -0.1) is 0 Å². The molecule has 4 fully saturated rings. The maximum absolute atomic E-state index is 15.0. The van der Waals surface area contributed by atoms with Crippen molar-refractivity contribution in [2.45, 2.75) is 151 Å². The van der Waals surface area contributed by atoms with E-state index >= 15 is 0 Å².